The first-order chi connectivity index (χ1) is 10.5. The van der Waals surface area contributed by atoms with Gasteiger partial charge in [-0.2, -0.15) is 0 Å². The van der Waals surface area contributed by atoms with Crippen LogP contribution in [0.2, 0.25) is 0 Å². The van der Waals surface area contributed by atoms with Crippen molar-refractivity contribution in [2.75, 3.05) is 5.32 Å². The van der Waals surface area contributed by atoms with Crippen molar-refractivity contribution in [1.82, 2.24) is 4.98 Å². The highest BCUT2D eigenvalue weighted by Gasteiger charge is 2.12. The molecule has 5 nitrogen and oxygen atoms in total. The monoisotopic (exact) mass is 294 g/mol. The van der Waals surface area contributed by atoms with Gasteiger partial charge in [0.2, 0.25) is 0 Å². The quantitative estimate of drug-likeness (QED) is 0.788. The first-order valence-electron chi connectivity index (χ1n) is 6.81. The third kappa shape index (κ3) is 2.74. The number of benzene rings is 1. The number of nitrogens with zero attached hydrogens (tertiary/aromatic N) is 1. The second-order valence-corrected chi connectivity index (χ2v) is 5.13. The molecule has 0 radical (unpaired) electrons. The molecule has 0 aliphatic heterocycles. The van der Waals surface area contributed by atoms with E-state index >= 15 is 0 Å². The van der Waals surface area contributed by atoms with Crippen LogP contribution in [0.5, 0.6) is 0 Å². The van der Waals surface area contributed by atoms with Crippen molar-refractivity contribution in [2.24, 2.45) is 0 Å². The zero-order valence-corrected chi connectivity index (χ0v) is 12.2. The molecule has 0 aliphatic rings. The van der Waals surface area contributed by atoms with Gasteiger partial charge in [-0.15, -0.1) is 0 Å². The van der Waals surface area contributed by atoms with Gasteiger partial charge in [-0.05, 0) is 43.5 Å². The van der Waals surface area contributed by atoms with Crippen LogP contribution in [0, 0.1) is 13.8 Å². The van der Waals surface area contributed by atoms with E-state index in [0.29, 0.717) is 16.5 Å². The normalized spacial score (nSPS) is 10.6. The summed E-state index contributed by atoms with van der Waals surface area (Å²) in [6, 6.07) is 10.4. The van der Waals surface area contributed by atoms with Crippen molar-refractivity contribution >= 4 is 22.4 Å². The maximum Gasteiger partial charge on any atom is 0.344 e. The molecular formula is C17H14N2O3. The fourth-order valence-electron chi connectivity index (χ4n) is 2.23. The van der Waals surface area contributed by atoms with E-state index in [2.05, 4.69) is 10.3 Å². The lowest BCUT2D eigenvalue weighted by molar-refractivity contribution is 0.0993. The Hall–Kier alpha value is -2.95. The van der Waals surface area contributed by atoms with Crippen LogP contribution in [0.1, 0.15) is 21.8 Å². The number of aromatic nitrogens is 1. The lowest BCUT2D eigenvalue weighted by atomic mass is 10.1. The molecule has 1 amide bonds. The molecule has 0 aliphatic carbocycles. The smallest absolute Gasteiger partial charge is 0.344 e. The first-order valence-corrected chi connectivity index (χ1v) is 6.81. The van der Waals surface area contributed by atoms with Crippen LogP contribution in [0.3, 0.4) is 0 Å². The van der Waals surface area contributed by atoms with Gasteiger partial charge < -0.3 is 9.73 Å². The van der Waals surface area contributed by atoms with Crippen LogP contribution in [-0.2, 0) is 0 Å². The van der Waals surface area contributed by atoms with Gasteiger partial charge in [0.05, 0.1) is 5.39 Å². The van der Waals surface area contributed by atoms with Crippen LogP contribution in [0.25, 0.3) is 10.8 Å². The van der Waals surface area contributed by atoms with Crippen LogP contribution in [-0.4, -0.2) is 10.9 Å². The molecule has 22 heavy (non-hydrogen) atoms. The molecule has 3 aromatic rings. The molecule has 0 fully saturated rings. The summed E-state index contributed by atoms with van der Waals surface area (Å²) in [5.74, 6) is -0.485. The summed E-state index contributed by atoms with van der Waals surface area (Å²) in [6.07, 6.45) is 1.60. The van der Waals surface area contributed by atoms with Gasteiger partial charge in [0.1, 0.15) is 0 Å². The van der Waals surface area contributed by atoms with Crippen molar-refractivity contribution in [2.45, 2.75) is 13.8 Å². The van der Waals surface area contributed by atoms with E-state index in [1.54, 1.807) is 36.5 Å². The van der Waals surface area contributed by atoms with Crippen LogP contribution in [0.15, 0.2) is 51.8 Å². The predicted molar refractivity (Wildman–Crippen MR) is 84.1 cm³/mol. The SMILES string of the molecule is Cc1ccc2cc(C(=O)Nc3ccnc(C)c3)oc(=O)c2c1. The molecule has 2 aromatic heterocycles. The fourth-order valence-corrected chi connectivity index (χ4v) is 2.23. The molecule has 0 saturated heterocycles. The predicted octanol–water partition coefficient (Wildman–Crippen LogP) is 3.06. The standard InChI is InChI=1S/C17H14N2O3/c1-10-3-4-12-9-15(22-17(21)14(12)7-10)16(20)19-13-5-6-18-11(2)8-13/h3-9H,1-2H3,(H,18,19,20). The Kier molecular flexibility index (Phi) is 3.47. The Balaban J connectivity index is 1.98. The Morgan fingerprint density at radius 1 is 1.14 bits per heavy atom. The number of rotatable bonds is 2. The number of nitrogens with one attached hydrogen (secondary N) is 1. The number of pyridine rings is 1. The van der Waals surface area contributed by atoms with Crippen molar-refractivity contribution < 1.29 is 9.21 Å². The zero-order valence-electron chi connectivity index (χ0n) is 12.2. The minimum Gasteiger partial charge on any atom is -0.417 e. The minimum atomic E-state index is -0.516. The third-order valence-electron chi connectivity index (χ3n) is 3.30. The molecular weight excluding hydrogens is 280 g/mol. The summed E-state index contributed by atoms with van der Waals surface area (Å²) in [7, 11) is 0. The summed E-state index contributed by atoms with van der Waals surface area (Å²) in [5, 5.41) is 3.84. The number of carbonyl (C=O) groups is 1. The highest BCUT2D eigenvalue weighted by Crippen LogP contribution is 2.15. The Labute approximate surface area is 126 Å². The average Bonchev–Trinajstić information content (AvgIpc) is 2.48. The molecule has 1 N–H and O–H groups in total. The number of fused-ring (bicyclic) bond motifs is 1. The molecule has 0 bridgehead atoms. The number of amides is 1. The lowest BCUT2D eigenvalue weighted by Gasteiger charge is -2.06. The number of aryl methyl sites for hydroxylation is 2. The molecule has 2 heterocycles. The number of carbonyl (C=O) groups excluding carboxylic acids is 1. The van der Waals surface area contributed by atoms with E-state index < -0.39 is 11.5 Å². The van der Waals surface area contributed by atoms with Crippen molar-refractivity contribution in [1.29, 1.82) is 0 Å². The molecule has 0 atom stereocenters. The van der Waals surface area contributed by atoms with Gasteiger partial charge >= 0.3 is 5.63 Å². The van der Waals surface area contributed by atoms with Crippen LogP contribution >= 0.6 is 0 Å². The fraction of sp³-hybridized carbons (Fsp3) is 0.118. The summed E-state index contributed by atoms with van der Waals surface area (Å²) in [5.41, 5.74) is 1.83. The van der Waals surface area contributed by atoms with E-state index in [9.17, 15) is 9.59 Å². The van der Waals surface area contributed by atoms with Crippen LogP contribution < -0.4 is 10.9 Å². The maximum absolute atomic E-state index is 12.2. The number of anilines is 1. The number of hydrogen-bond donors (Lipinski definition) is 1. The maximum atomic E-state index is 12.2. The lowest BCUT2D eigenvalue weighted by Crippen LogP contribution is -2.15. The third-order valence-corrected chi connectivity index (χ3v) is 3.30. The highest BCUT2D eigenvalue weighted by molar-refractivity contribution is 6.03. The molecule has 0 saturated carbocycles. The highest BCUT2D eigenvalue weighted by atomic mass is 16.4. The minimum absolute atomic E-state index is 0.0178. The summed E-state index contributed by atoms with van der Waals surface area (Å²) < 4.78 is 5.13. The molecule has 110 valence electrons. The summed E-state index contributed by atoms with van der Waals surface area (Å²) in [4.78, 5) is 28.3. The Bertz CT molecular complexity index is 929. The van der Waals surface area contributed by atoms with E-state index in [4.69, 9.17) is 4.42 Å². The summed E-state index contributed by atoms with van der Waals surface area (Å²) in [6.45, 7) is 3.72. The molecule has 0 unspecified atom stereocenters. The second kappa shape index (κ2) is 5.44. The van der Waals surface area contributed by atoms with Gasteiger partial charge in [0.25, 0.3) is 5.91 Å². The van der Waals surface area contributed by atoms with E-state index in [-0.39, 0.29) is 5.76 Å². The molecule has 1 aromatic carbocycles. The largest absolute Gasteiger partial charge is 0.417 e. The van der Waals surface area contributed by atoms with Crippen molar-refractivity contribution in [3.05, 3.63) is 70.0 Å². The molecule has 0 spiro atoms. The van der Waals surface area contributed by atoms with Gasteiger partial charge in [-0.1, -0.05) is 17.7 Å². The molecule has 3 rings (SSSR count). The Morgan fingerprint density at radius 3 is 2.73 bits per heavy atom. The van der Waals surface area contributed by atoms with E-state index in [0.717, 1.165) is 11.3 Å². The van der Waals surface area contributed by atoms with E-state index in [1.807, 2.05) is 19.9 Å². The average molecular weight is 294 g/mol. The van der Waals surface area contributed by atoms with E-state index in [1.165, 1.54) is 0 Å². The zero-order chi connectivity index (χ0) is 15.7. The summed E-state index contributed by atoms with van der Waals surface area (Å²) >= 11 is 0. The van der Waals surface area contributed by atoms with Gasteiger partial charge in [-0.25, -0.2) is 4.79 Å². The van der Waals surface area contributed by atoms with Crippen molar-refractivity contribution in [3.8, 4) is 0 Å². The van der Waals surface area contributed by atoms with Gasteiger partial charge in [0.15, 0.2) is 5.76 Å². The van der Waals surface area contributed by atoms with Crippen molar-refractivity contribution in [3.63, 3.8) is 0 Å². The second-order valence-electron chi connectivity index (χ2n) is 5.13. The van der Waals surface area contributed by atoms with Gasteiger partial charge in [0, 0.05) is 17.6 Å². The number of hydrogen-bond acceptors (Lipinski definition) is 4. The topological polar surface area (TPSA) is 72.2 Å². The Morgan fingerprint density at radius 2 is 1.95 bits per heavy atom. The first kappa shape index (κ1) is 14.0. The molecule has 5 heteroatoms. The van der Waals surface area contributed by atoms with Gasteiger partial charge in [-0.3, -0.25) is 9.78 Å². The van der Waals surface area contributed by atoms with Crippen LogP contribution in [0.4, 0.5) is 5.69 Å².